The highest BCUT2D eigenvalue weighted by atomic mass is 16.5. The van der Waals surface area contributed by atoms with Gasteiger partial charge in [-0.3, -0.25) is 0 Å². The molecular weight excluding hydrogens is 264 g/mol. The van der Waals surface area contributed by atoms with Crippen LogP contribution >= 0.6 is 0 Å². The Hall–Kier alpha value is -2.33. The van der Waals surface area contributed by atoms with Crippen LogP contribution in [0.4, 0.5) is 4.79 Å². The lowest BCUT2D eigenvalue weighted by Crippen LogP contribution is -2.28. The van der Waals surface area contributed by atoms with Gasteiger partial charge in [0, 0.05) is 6.04 Å². The number of rotatable bonds is 3. The summed E-state index contributed by atoms with van der Waals surface area (Å²) < 4.78 is 5.25. The highest BCUT2D eigenvalue weighted by Crippen LogP contribution is 2.36. The fourth-order valence-electron chi connectivity index (χ4n) is 2.72. The largest absolute Gasteiger partial charge is 0.445 e. The molecule has 0 heterocycles. The SMILES string of the molecule is N[C@@H]1C[C@@H](NC(=O)OCc2ccccc2)c2ccccc21. The van der Waals surface area contributed by atoms with Crippen LogP contribution in [0.25, 0.3) is 0 Å². The molecule has 3 N–H and O–H groups in total. The average molecular weight is 282 g/mol. The van der Waals surface area contributed by atoms with Gasteiger partial charge in [-0.15, -0.1) is 0 Å². The minimum Gasteiger partial charge on any atom is -0.445 e. The van der Waals surface area contributed by atoms with Crippen molar-refractivity contribution in [2.24, 2.45) is 5.73 Å². The van der Waals surface area contributed by atoms with Crippen molar-refractivity contribution in [2.75, 3.05) is 0 Å². The number of benzene rings is 2. The number of hydrogen-bond donors (Lipinski definition) is 2. The van der Waals surface area contributed by atoms with Crippen LogP contribution in [0.2, 0.25) is 0 Å². The molecule has 2 aromatic rings. The molecule has 21 heavy (non-hydrogen) atoms. The summed E-state index contributed by atoms with van der Waals surface area (Å²) in [5, 5.41) is 2.89. The van der Waals surface area contributed by atoms with Gasteiger partial charge >= 0.3 is 6.09 Å². The maximum absolute atomic E-state index is 11.9. The van der Waals surface area contributed by atoms with Gasteiger partial charge < -0.3 is 15.8 Å². The lowest BCUT2D eigenvalue weighted by atomic mass is 10.1. The number of hydrogen-bond acceptors (Lipinski definition) is 3. The Bertz CT molecular complexity index is 628. The summed E-state index contributed by atoms with van der Waals surface area (Å²) >= 11 is 0. The van der Waals surface area contributed by atoms with Crippen LogP contribution in [-0.4, -0.2) is 6.09 Å². The van der Waals surface area contributed by atoms with E-state index in [9.17, 15) is 4.79 Å². The molecule has 0 aliphatic heterocycles. The summed E-state index contributed by atoms with van der Waals surface area (Å²) in [7, 11) is 0. The van der Waals surface area contributed by atoms with Gasteiger partial charge in [0.1, 0.15) is 6.61 Å². The Kier molecular flexibility index (Phi) is 3.88. The summed E-state index contributed by atoms with van der Waals surface area (Å²) in [5.41, 5.74) is 9.24. The third-order valence-corrected chi connectivity index (χ3v) is 3.77. The standard InChI is InChI=1S/C17H18N2O2/c18-15-10-16(14-9-5-4-8-13(14)15)19-17(20)21-11-12-6-2-1-3-7-12/h1-9,15-16H,10-11,18H2,(H,19,20)/t15-,16-/m1/s1. The van der Waals surface area contributed by atoms with E-state index >= 15 is 0 Å². The van der Waals surface area contributed by atoms with E-state index in [2.05, 4.69) is 5.32 Å². The third kappa shape index (κ3) is 3.06. The zero-order valence-corrected chi connectivity index (χ0v) is 11.7. The van der Waals surface area contributed by atoms with E-state index in [-0.39, 0.29) is 18.7 Å². The van der Waals surface area contributed by atoms with Crippen molar-refractivity contribution in [3.8, 4) is 0 Å². The number of carbonyl (C=O) groups excluding carboxylic acids is 1. The molecule has 0 aromatic heterocycles. The number of amides is 1. The van der Waals surface area contributed by atoms with Crippen molar-refractivity contribution in [3.63, 3.8) is 0 Å². The Balaban J connectivity index is 1.59. The number of carbonyl (C=O) groups is 1. The lowest BCUT2D eigenvalue weighted by molar-refractivity contribution is 0.135. The van der Waals surface area contributed by atoms with Crippen LogP contribution in [0.1, 0.15) is 35.2 Å². The summed E-state index contributed by atoms with van der Waals surface area (Å²) in [6.45, 7) is 0.271. The molecule has 1 aliphatic carbocycles. The first-order valence-corrected chi connectivity index (χ1v) is 7.05. The van der Waals surface area contributed by atoms with Gasteiger partial charge in [-0.1, -0.05) is 54.6 Å². The van der Waals surface area contributed by atoms with Gasteiger partial charge in [0.15, 0.2) is 0 Å². The molecular formula is C17H18N2O2. The van der Waals surface area contributed by atoms with Crippen molar-refractivity contribution < 1.29 is 9.53 Å². The molecule has 0 saturated heterocycles. The minimum atomic E-state index is -0.409. The molecule has 0 spiro atoms. The molecule has 108 valence electrons. The predicted octanol–water partition coefficient (Wildman–Crippen LogP) is 3.06. The zero-order chi connectivity index (χ0) is 14.7. The Labute approximate surface area is 123 Å². The second-order valence-electron chi connectivity index (χ2n) is 5.23. The zero-order valence-electron chi connectivity index (χ0n) is 11.7. The van der Waals surface area contributed by atoms with Crippen LogP contribution in [0, 0.1) is 0 Å². The molecule has 0 radical (unpaired) electrons. The molecule has 0 unspecified atom stereocenters. The van der Waals surface area contributed by atoms with E-state index in [4.69, 9.17) is 10.5 Å². The molecule has 2 atom stereocenters. The van der Waals surface area contributed by atoms with Gasteiger partial charge in [-0.05, 0) is 23.1 Å². The number of ether oxygens (including phenoxy) is 1. The van der Waals surface area contributed by atoms with Crippen LogP contribution in [-0.2, 0) is 11.3 Å². The Morgan fingerprint density at radius 3 is 2.52 bits per heavy atom. The average Bonchev–Trinajstić information content (AvgIpc) is 2.83. The molecule has 4 nitrogen and oxygen atoms in total. The van der Waals surface area contributed by atoms with Gasteiger partial charge in [-0.25, -0.2) is 4.79 Å². The Morgan fingerprint density at radius 2 is 1.76 bits per heavy atom. The molecule has 4 heteroatoms. The Morgan fingerprint density at radius 1 is 1.10 bits per heavy atom. The third-order valence-electron chi connectivity index (χ3n) is 3.77. The fourth-order valence-corrected chi connectivity index (χ4v) is 2.72. The molecule has 2 aromatic carbocycles. The maximum Gasteiger partial charge on any atom is 0.407 e. The highest BCUT2D eigenvalue weighted by Gasteiger charge is 2.29. The first-order chi connectivity index (χ1) is 10.2. The van der Waals surface area contributed by atoms with Gasteiger partial charge in [0.2, 0.25) is 0 Å². The first-order valence-electron chi connectivity index (χ1n) is 7.05. The maximum atomic E-state index is 11.9. The topological polar surface area (TPSA) is 64.3 Å². The van der Waals surface area contributed by atoms with Crippen molar-refractivity contribution >= 4 is 6.09 Å². The predicted molar refractivity (Wildman–Crippen MR) is 80.5 cm³/mol. The van der Waals surface area contributed by atoms with E-state index < -0.39 is 6.09 Å². The van der Waals surface area contributed by atoms with Crippen molar-refractivity contribution in [2.45, 2.75) is 25.1 Å². The van der Waals surface area contributed by atoms with E-state index in [1.165, 1.54) is 0 Å². The normalized spacial score (nSPS) is 19.9. The van der Waals surface area contributed by atoms with Crippen LogP contribution in [0.3, 0.4) is 0 Å². The van der Waals surface area contributed by atoms with Gasteiger partial charge in [-0.2, -0.15) is 0 Å². The fraction of sp³-hybridized carbons (Fsp3) is 0.235. The molecule has 3 rings (SSSR count). The van der Waals surface area contributed by atoms with Crippen LogP contribution < -0.4 is 11.1 Å². The molecule has 1 amide bonds. The summed E-state index contributed by atoms with van der Waals surface area (Å²) in [6, 6.07) is 17.5. The molecule has 0 fully saturated rings. The quantitative estimate of drug-likeness (QED) is 0.909. The number of fused-ring (bicyclic) bond motifs is 1. The van der Waals surface area contributed by atoms with E-state index in [1.807, 2.05) is 54.6 Å². The number of nitrogens with one attached hydrogen (secondary N) is 1. The van der Waals surface area contributed by atoms with Crippen LogP contribution in [0.5, 0.6) is 0 Å². The van der Waals surface area contributed by atoms with Crippen molar-refractivity contribution in [3.05, 3.63) is 71.3 Å². The van der Waals surface area contributed by atoms with Gasteiger partial charge in [0.05, 0.1) is 6.04 Å². The minimum absolute atomic E-state index is 0.0272. The summed E-state index contributed by atoms with van der Waals surface area (Å²) in [5.74, 6) is 0. The van der Waals surface area contributed by atoms with Crippen molar-refractivity contribution in [1.29, 1.82) is 0 Å². The summed E-state index contributed by atoms with van der Waals surface area (Å²) in [6.07, 6.45) is 0.299. The van der Waals surface area contributed by atoms with E-state index in [0.717, 1.165) is 16.7 Å². The first kappa shape index (κ1) is 13.6. The molecule has 0 bridgehead atoms. The number of nitrogens with two attached hydrogens (primary N) is 1. The van der Waals surface area contributed by atoms with Crippen molar-refractivity contribution in [1.82, 2.24) is 5.32 Å². The van der Waals surface area contributed by atoms with E-state index in [1.54, 1.807) is 0 Å². The summed E-state index contributed by atoms with van der Waals surface area (Å²) in [4.78, 5) is 11.9. The smallest absolute Gasteiger partial charge is 0.407 e. The second-order valence-corrected chi connectivity index (χ2v) is 5.23. The highest BCUT2D eigenvalue weighted by molar-refractivity contribution is 5.68. The van der Waals surface area contributed by atoms with Gasteiger partial charge in [0.25, 0.3) is 0 Å². The lowest BCUT2D eigenvalue weighted by Gasteiger charge is -2.14. The second kappa shape index (κ2) is 5.97. The van der Waals surface area contributed by atoms with Crippen LogP contribution in [0.15, 0.2) is 54.6 Å². The number of alkyl carbamates (subject to hydrolysis) is 1. The van der Waals surface area contributed by atoms with E-state index in [0.29, 0.717) is 6.42 Å². The monoisotopic (exact) mass is 282 g/mol. The molecule has 0 saturated carbocycles. The molecule has 1 aliphatic rings.